The monoisotopic (exact) mass is 357 g/mol. The van der Waals surface area contributed by atoms with Crippen molar-refractivity contribution in [2.45, 2.75) is 32.0 Å². The zero-order valence-corrected chi connectivity index (χ0v) is 13.7. The van der Waals surface area contributed by atoms with Gasteiger partial charge >= 0.3 is 6.18 Å². The zero-order chi connectivity index (χ0) is 18.2. The van der Waals surface area contributed by atoms with E-state index in [-0.39, 0.29) is 30.3 Å². The molecule has 0 bridgehead atoms. The molecule has 2 saturated heterocycles. The SMILES string of the molecule is Cc1cc(C(F)(F)F)cc(N2C(=O)CC[C@H]2C(=O)N2CCOCC2)n1. The van der Waals surface area contributed by atoms with Crippen molar-refractivity contribution >= 4 is 17.6 Å². The predicted molar refractivity (Wildman–Crippen MR) is 81.9 cm³/mol. The van der Waals surface area contributed by atoms with E-state index in [1.54, 1.807) is 4.90 Å². The number of pyridine rings is 1. The van der Waals surface area contributed by atoms with E-state index in [2.05, 4.69) is 4.98 Å². The van der Waals surface area contributed by atoms with E-state index in [0.29, 0.717) is 26.3 Å². The summed E-state index contributed by atoms with van der Waals surface area (Å²) in [7, 11) is 0. The molecule has 6 nitrogen and oxygen atoms in total. The van der Waals surface area contributed by atoms with Crippen LogP contribution in [0.25, 0.3) is 0 Å². The quantitative estimate of drug-likeness (QED) is 0.809. The molecule has 2 amide bonds. The van der Waals surface area contributed by atoms with Gasteiger partial charge in [-0.05, 0) is 25.5 Å². The summed E-state index contributed by atoms with van der Waals surface area (Å²) < 4.78 is 44.4. The molecule has 9 heteroatoms. The minimum absolute atomic E-state index is 0.109. The molecule has 2 aliphatic heterocycles. The fourth-order valence-corrected chi connectivity index (χ4v) is 3.14. The number of aromatic nitrogens is 1. The number of hydrogen-bond donors (Lipinski definition) is 0. The summed E-state index contributed by atoms with van der Waals surface area (Å²) >= 11 is 0. The summed E-state index contributed by atoms with van der Waals surface area (Å²) in [5.41, 5.74) is -0.741. The van der Waals surface area contributed by atoms with Crippen LogP contribution in [0, 0.1) is 6.92 Å². The van der Waals surface area contributed by atoms with Gasteiger partial charge in [0.05, 0.1) is 18.8 Å². The van der Waals surface area contributed by atoms with Crippen LogP contribution in [0.4, 0.5) is 19.0 Å². The minimum Gasteiger partial charge on any atom is -0.378 e. The van der Waals surface area contributed by atoms with Crippen LogP contribution in [0.1, 0.15) is 24.1 Å². The molecule has 1 atom stereocenters. The van der Waals surface area contributed by atoms with Gasteiger partial charge in [-0.3, -0.25) is 14.5 Å². The van der Waals surface area contributed by atoms with Gasteiger partial charge in [-0.2, -0.15) is 13.2 Å². The van der Waals surface area contributed by atoms with Crippen molar-refractivity contribution in [3.8, 4) is 0 Å². The molecule has 0 spiro atoms. The van der Waals surface area contributed by atoms with Gasteiger partial charge in [0.1, 0.15) is 11.9 Å². The average molecular weight is 357 g/mol. The van der Waals surface area contributed by atoms with Crippen LogP contribution in [-0.2, 0) is 20.5 Å². The predicted octanol–water partition coefficient (Wildman–Crippen LogP) is 1.76. The Balaban J connectivity index is 1.92. The maximum atomic E-state index is 13.1. The van der Waals surface area contributed by atoms with Crippen molar-refractivity contribution in [2.75, 3.05) is 31.2 Å². The Morgan fingerprint density at radius 2 is 1.96 bits per heavy atom. The standard InChI is InChI=1S/C16H18F3N3O3/c1-10-8-11(16(17,18)19)9-13(20-10)22-12(2-3-14(22)23)15(24)21-4-6-25-7-5-21/h8-9,12H,2-7H2,1H3/t12-/m0/s1. The summed E-state index contributed by atoms with van der Waals surface area (Å²) in [4.78, 5) is 31.7. The van der Waals surface area contributed by atoms with Crippen molar-refractivity contribution in [1.82, 2.24) is 9.88 Å². The molecule has 0 unspecified atom stereocenters. The molecule has 2 aliphatic rings. The maximum absolute atomic E-state index is 13.1. The Labute approximate surface area is 142 Å². The number of rotatable bonds is 2. The second-order valence-corrected chi connectivity index (χ2v) is 6.11. The highest BCUT2D eigenvalue weighted by atomic mass is 19.4. The van der Waals surface area contributed by atoms with E-state index in [9.17, 15) is 22.8 Å². The molecule has 1 aromatic rings. The van der Waals surface area contributed by atoms with Crippen LogP contribution in [0.3, 0.4) is 0 Å². The van der Waals surface area contributed by atoms with Gasteiger partial charge in [0.25, 0.3) is 0 Å². The molecule has 3 heterocycles. The number of carbonyl (C=O) groups excluding carboxylic acids is 2. The second-order valence-electron chi connectivity index (χ2n) is 6.11. The first-order chi connectivity index (χ1) is 11.8. The lowest BCUT2D eigenvalue weighted by Crippen LogP contribution is -2.50. The fraction of sp³-hybridized carbons (Fsp3) is 0.562. The molecule has 0 aliphatic carbocycles. The average Bonchev–Trinajstić information content (AvgIpc) is 2.95. The summed E-state index contributed by atoms with van der Waals surface area (Å²) in [6, 6.07) is 0.930. The number of nitrogens with zero attached hydrogens (tertiary/aromatic N) is 3. The number of morpholine rings is 1. The number of ether oxygens (including phenoxy) is 1. The van der Waals surface area contributed by atoms with Gasteiger partial charge < -0.3 is 9.64 Å². The first kappa shape index (κ1) is 17.7. The Morgan fingerprint density at radius 1 is 1.28 bits per heavy atom. The third-order valence-corrected chi connectivity index (χ3v) is 4.33. The van der Waals surface area contributed by atoms with Crippen LogP contribution in [0.2, 0.25) is 0 Å². The van der Waals surface area contributed by atoms with Gasteiger partial charge in [-0.1, -0.05) is 0 Å². The van der Waals surface area contributed by atoms with E-state index >= 15 is 0 Å². The van der Waals surface area contributed by atoms with Crippen molar-refractivity contribution < 1.29 is 27.5 Å². The second kappa shape index (κ2) is 6.62. The Bertz CT molecular complexity index is 687. The van der Waals surface area contributed by atoms with Gasteiger partial charge in [0.15, 0.2) is 0 Å². The molecule has 2 fully saturated rings. The van der Waals surface area contributed by atoms with Crippen LogP contribution in [0.5, 0.6) is 0 Å². The molecule has 0 aromatic carbocycles. The number of anilines is 1. The van der Waals surface area contributed by atoms with Gasteiger partial charge in [0, 0.05) is 25.2 Å². The lowest BCUT2D eigenvalue weighted by Gasteiger charge is -2.32. The Hall–Kier alpha value is -2.16. The molecular formula is C16H18F3N3O3. The topological polar surface area (TPSA) is 62.7 Å². The summed E-state index contributed by atoms with van der Waals surface area (Å²) in [5.74, 6) is -0.787. The number of aryl methyl sites for hydroxylation is 1. The number of hydrogen-bond acceptors (Lipinski definition) is 4. The lowest BCUT2D eigenvalue weighted by atomic mass is 10.1. The highest BCUT2D eigenvalue weighted by Crippen LogP contribution is 2.34. The molecule has 0 N–H and O–H groups in total. The van der Waals surface area contributed by atoms with Gasteiger partial charge in [-0.15, -0.1) is 0 Å². The fourth-order valence-electron chi connectivity index (χ4n) is 3.14. The molecule has 25 heavy (non-hydrogen) atoms. The summed E-state index contributed by atoms with van der Waals surface area (Å²) in [5, 5.41) is 0. The number of amides is 2. The first-order valence-corrected chi connectivity index (χ1v) is 8.02. The van der Waals surface area contributed by atoms with Crippen LogP contribution < -0.4 is 4.90 Å². The first-order valence-electron chi connectivity index (χ1n) is 8.02. The molecule has 3 rings (SSSR count). The van der Waals surface area contributed by atoms with Crippen molar-refractivity contribution in [1.29, 1.82) is 0 Å². The van der Waals surface area contributed by atoms with Crippen molar-refractivity contribution in [3.63, 3.8) is 0 Å². The normalized spacial score (nSPS) is 21.8. The third kappa shape index (κ3) is 3.60. The van der Waals surface area contributed by atoms with Crippen molar-refractivity contribution in [2.24, 2.45) is 0 Å². The summed E-state index contributed by atoms with van der Waals surface area (Å²) in [6.45, 7) is 3.07. The smallest absolute Gasteiger partial charge is 0.378 e. The largest absolute Gasteiger partial charge is 0.416 e. The molecule has 0 radical (unpaired) electrons. The number of alkyl halides is 3. The lowest BCUT2D eigenvalue weighted by molar-refractivity contribution is -0.137. The van der Waals surface area contributed by atoms with E-state index < -0.39 is 23.7 Å². The van der Waals surface area contributed by atoms with E-state index in [1.807, 2.05) is 0 Å². The van der Waals surface area contributed by atoms with Crippen LogP contribution in [-0.4, -0.2) is 54.0 Å². The molecular weight excluding hydrogens is 339 g/mol. The number of halogens is 3. The third-order valence-electron chi connectivity index (χ3n) is 4.33. The summed E-state index contributed by atoms with van der Waals surface area (Å²) in [6.07, 6.45) is -4.17. The molecule has 136 valence electrons. The van der Waals surface area contributed by atoms with Crippen LogP contribution in [0.15, 0.2) is 12.1 Å². The van der Waals surface area contributed by atoms with Crippen molar-refractivity contribution in [3.05, 3.63) is 23.4 Å². The van der Waals surface area contributed by atoms with Crippen LogP contribution >= 0.6 is 0 Å². The van der Waals surface area contributed by atoms with E-state index in [1.165, 1.54) is 6.92 Å². The Morgan fingerprint density at radius 3 is 2.60 bits per heavy atom. The Kier molecular flexibility index (Phi) is 4.68. The highest BCUT2D eigenvalue weighted by Gasteiger charge is 2.41. The maximum Gasteiger partial charge on any atom is 0.416 e. The van der Waals surface area contributed by atoms with E-state index in [4.69, 9.17) is 4.74 Å². The number of carbonyl (C=O) groups is 2. The minimum atomic E-state index is -4.55. The molecule has 1 aromatic heterocycles. The van der Waals surface area contributed by atoms with Gasteiger partial charge in [-0.25, -0.2) is 4.98 Å². The zero-order valence-electron chi connectivity index (χ0n) is 13.7. The van der Waals surface area contributed by atoms with Gasteiger partial charge in [0.2, 0.25) is 11.8 Å². The highest BCUT2D eigenvalue weighted by molar-refractivity contribution is 6.03. The molecule has 0 saturated carbocycles. The van der Waals surface area contributed by atoms with E-state index in [0.717, 1.165) is 17.0 Å².